The lowest BCUT2D eigenvalue weighted by molar-refractivity contribution is -0.540. The molecule has 4 aliphatic rings. The number of nitrogens with one attached hydrogen (secondary N) is 1. The number of carbonyl (C=O) groups is 3. The van der Waals surface area contributed by atoms with Crippen LogP contribution in [0.3, 0.4) is 0 Å². The van der Waals surface area contributed by atoms with E-state index >= 15 is 0 Å². The number of ether oxygens (including phenoxy) is 2. The Hall–Kier alpha value is -2.74. The monoisotopic (exact) mass is 468 g/mol. The molecule has 1 aromatic rings. The first-order valence-corrected chi connectivity index (χ1v) is 12.7. The highest BCUT2D eigenvalue weighted by molar-refractivity contribution is 6.05. The predicted octanol–water partition coefficient (Wildman–Crippen LogP) is 2.28. The molecule has 182 valence electrons. The summed E-state index contributed by atoms with van der Waals surface area (Å²) >= 11 is 0. The van der Waals surface area contributed by atoms with Crippen molar-refractivity contribution in [2.75, 3.05) is 19.7 Å². The summed E-state index contributed by atoms with van der Waals surface area (Å²) in [7, 11) is 0. The maximum Gasteiger partial charge on any atom is 0.255 e. The molecule has 3 amide bonds. The molecular weight excluding hydrogens is 434 g/mol. The number of hydrogen-bond acceptors (Lipinski definition) is 5. The second-order valence-corrected chi connectivity index (χ2v) is 9.81. The van der Waals surface area contributed by atoms with E-state index < -0.39 is 6.04 Å². The normalized spacial score (nSPS) is 29.3. The number of hydrogen-bond donors (Lipinski definition) is 1. The third kappa shape index (κ3) is 4.73. The first-order chi connectivity index (χ1) is 16.5. The lowest BCUT2D eigenvalue weighted by atomic mass is 10.0. The van der Waals surface area contributed by atoms with Crippen molar-refractivity contribution < 1.29 is 28.4 Å². The van der Waals surface area contributed by atoms with E-state index in [0.29, 0.717) is 30.6 Å². The number of benzene rings is 1. The van der Waals surface area contributed by atoms with Gasteiger partial charge in [0.25, 0.3) is 5.91 Å². The third-order valence-electron chi connectivity index (χ3n) is 7.57. The van der Waals surface area contributed by atoms with Crippen LogP contribution >= 0.6 is 0 Å². The second-order valence-electron chi connectivity index (χ2n) is 9.81. The molecular formula is C26H34N3O5+. The van der Waals surface area contributed by atoms with Gasteiger partial charge in [-0.3, -0.25) is 19.7 Å². The number of carbonyl (C=O) groups excluding carboxylic acids is 3. The molecule has 2 saturated heterocycles. The first kappa shape index (κ1) is 23.0. The van der Waals surface area contributed by atoms with Crippen molar-refractivity contribution in [3.05, 3.63) is 29.3 Å². The maximum atomic E-state index is 12.9. The number of nitrogens with zero attached hydrogens (tertiary/aromatic N) is 2. The molecule has 2 unspecified atom stereocenters. The van der Waals surface area contributed by atoms with Crippen molar-refractivity contribution in [3.8, 4) is 5.75 Å². The minimum Gasteiger partial charge on any atom is -0.490 e. The van der Waals surface area contributed by atoms with E-state index in [-0.39, 0.29) is 30.2 Å². The Morgan fingerprint density at radius 1 is 1.12 bits per heavy atom. The SMILES string of the molecule is CCOC1CC[N+](=CC2CCC[C@@H]2Oc2ccc3c(c2)CN(C2CCC(=O)NC2=O)C3=O)CC1. The lowest BCUT2D eigenvalue weighted by Crippen LogP contribution is -2.52. The molecule has 8 heteroatoms. The molecule has 3 heterocycles. The summed E-state index contributed by atoms with van der Waals surface area (Å²) < 4.78 is 14.6. The van der Waals surface area contributed by atoms with Gasteiger partial charge in [0, 0.05) is 38.0 Å². The molecule has 3 aliphatic heterocycles. The minimum absolute atomic E-state index is 0.131. The number of rotatable bonds is 6. The van der Waals surface area contributed by atoms with Gasteiger partial charge in [0.05, 0.1) is 12.0 Å². The van der Waals surface area contributed by atoms with Crippen LogP contribution in [0, 0.1) is 5.92 Å². The largest absolute Gasteiger partial charge is 0.490 e. The summed E-state index contributed by atoms with van der Waals surface area (Å²) in [6.45, 7) is 5.27. The van der Waals surface area contributed by atoms with Gasteiger partial charge in [-0.2, -0.15) is 0 Å². The van der Waals surface area contributed by atoms with Crippen molar-refractivity contribution >= 4 is 23.9 Å². The number of amides is 3. The van der Waals surface area contributed by atoms with Crippen molar-refractivity contribution in [3.63, 3.8) is 0 Å². The Bertz CT molecular complexity index is 996. The van der Waals surface area contributed by atoms with E-state index in [1.54, 1.807) is 4.90 Å². The quantitative estimate of drug-likeness (QED) is 0.511. The molecule has 5 rings (SSSR count). The molecule has 34 heavy (non-hydrogen) atoms. The van der Waals surface area contributed by atoms with Gasteiger partial charge in [0.15, 0.2) is 0 Å². The summed E-state index contributed by atoms with van der Waals surface area (Å²) in [4.78, 5) is 38.2. The minimum atomic E-state index is -0.595. The zero-order valence-corrected chi connectivity index (χ0v) is 19.8. The average Bonchev–Trinajstić information content (AvgIpc) is 3.39. The zero-order valence-electron chi connectivity index (χ0n) is 19.8. The van der Waals surface area contributed by atoms with Gasteiger partial charge in [0.2, 0.25) is 11.8 Å². The zero-order chi connectivity index (χ0) is 23.7. The van der Waals surface area contributed by atoms with Gasteiger partial charge in [-0.15, -0.1) is 0 Å². The number of piperidine rings is 2. The fourth-order valence-corrected chi connectivity index (χ4v) is 5.77. The molecule has 8 nitrogen and oxygen atoms in total. The summed E-state index contributed by atoms with van der Waals surface area (Å²) in [5.41, 5.74) is 1.49. The van der Waals surface area contributed by atoms with E-state index in [2.05, 4.69) is 23.0 Å². The Morgan fingerprint density at radius 2 is 1.94 bits per heavy atom. The molecule has 0 bridgehead atoms. The predicted molar refractivity (Wildman–Crippen MR) is 125 cm³/mol. The van der Waals surface area contributed by atoms with Crippen LogP contribution in [0.25, 0.3) is 0 Å². The topological polar surface area (TPSA) is 87.9 Å². The van der Waals surface area contributed by atoms with Gasteiger partial charge in [0.1, 0.15) is 37.2 Å². The lowest BCUT2D eigenvalue weighted by Gasteiger charge is -2.29. The fraction of sp³-hybridized carbons (Fsp3) is 0.615. The summed E-state index contributed by atoms with van der Waals surface area (Å²) in [5, 5.41) is 2.35. The van der Waals surface area contributed by atoms with E-state index in [0.717, 1.165) is 63.1 Å². The van der Waals surface area contributed by atoms with E-state index in [9.17, 15) is 14.4 Å². The van der Waals surface area contributed by atoms with Crippen LogP contribution in [0.4, 0.5) is 0 Å². The van der Waals surface area contributed by atoms with Gasteiger partial charge in [-0.05, 0) is 56.4 Å². The van der Waals surface area contributed by atoms with Gasteiger partial charge < -0.3 is 14.4 Å². The van der Waals surface area contributed by atoms with Crippen molar-refractivity contribution in [1.29, 1.82) is 0 Å². The molecule has 0 spiro atoms. The van der Waals surface area contributed by atoms with Crippen LogP contribution in [0.5, 0.6) is 5.75 Å². The summed E-state index contributed by atoms with van der Waals surface area (Å²) in [6.07, 6.45) is 8.97. The van der Waals surface area contributed by atoms with Crippen LogP contribution in [-0.2, 0) is 20.9 Å². The highest BCUT2D eigenvalue weighted by atomic mass is 16.5. The summed E-state index contributed by atoms with van der Waals surface area (Å²) in [5.74, 6) is 0.347. The average molecular weight is 469 g/mol. The van der Waals surface area contributed by atoms with Crippen LogP contribution < -0.4 is 10.1 Å². The third-order valence-corrected chi connectivity index (χ3v) is 7.57. The molecule has 0 aromatic heterocycles. The molecule has 1 aliphatic carbocycles. The van der Waals surface area contributed by atoms with E-state index in [1.165, 1.54) is 0 Å². The highest BCUT2D eigenvalue weighted by Crippen LogP contribution is 2.33. The molecule has 1 N–H and O–H groups in total. The maximum absolute atomic E-state index is 12.9. The first-order valence-electron chi connectivity index (χ1n) is 12.7. The van der Waals surface area contributed by atoms with Crippen molar-refractivity contribution in [1.82, 2.24) is 10.2 Å². The molecule has 1 saturated carbocycles. The standard InChI is InChI=1S/C26H33N3O5/c1-2-33-19-10-12-28(13-11-19)15-17-4-3-5-23(17)34-20-6-7-21-18(14-20)16-29(26(21)32)22-8-9-24(30)27-25(22)31/h6-7,14-15,17,19,22-23H,2-5,8-13,16H2,1H3/p+1/t17?,19?,22?,23-/m0/s1. The molecule has 3 fully saturated rings. The van der Waals surface area contributed by atoms with Crippen LogP contribution in [0.15, 0.2) is 18.2 Å². The van der Waals surface area contributed by atoms with Gasteiger partial charge in [-0.1, -0.05) is 0 Å². The summed E-state index contributed by atoms with van der Waals surface area (Å²) in [6, 6.07) is 5.03. The molecule has 0 radical (unpaired) electrons. The molecule has 1 aromatic carbocycles. The van der Waals surface area contributed by atoms with Crippen molar-refractivity contribution in [2.45, 2.75) is 76.7 Å². The van der Waals surface area contributed by atoms with E-state index in [4.69, 9.17) is 9.47 Å². The fourth-order valence-electron chi connectivity index (χ4n) is 5.77. The number of fused-ring (bicyclic) bond motifs is 1. The van der Waals surface area contributed by atoms with Gasteiger partial charge >= 0.3 is 0 Å². The smallest absolute Gasteiger partial charge is 0.255 e. The van der Waals surface area contributed by atoms with Crippen LogP contribution in [0.1, 0.15) is 67.8 Å². The van der Waals surface area contributed by atoms with Gasteiger partial charge in [-0.25, -0.2) is 4.58 Å². The highest BCUT2D eigenvalue weighted by Gasteiger charge is 2.39. The number of imide groups is 1. The van der Waals surface area contributed by atoms with E-state index in [1.807, 2.05) is 18.2 Å². The van der Waals surface area contributed by atoms with Crippen molar-refractivity contribution in [2.24, 2.45) is 5.92 Å². The molecule has 3 atom stereocenters. The Morgan fingerprint density at radius 3 is 2.71 bits per heavy atom. The van der Waals surface area contributed by atoms with Crippen LogP contribution in [0.2, 0.25) is 0 Å². The Kier molecular flexibility index (Phi) is 6.68. The van der Waals surface area contributed by atoms with Crippen LogP contribution in [-0.4, -0.2) is 71.4 Å². The second kappa shape index (κ2) is 9.86. The Balaban J connectivity index is 1.23. The Labute approximate surface area is 200 Å².